The largest absolute Gasteiger partial charge is 0.371 e. The Morgan fingerprint density at radius 3 is 2.58 bits per heavy atom. The van der Waals surface area contributed by atoms with Crippen molar-refractivity contribution in [3.05, 3.63) is 24.5 Å². The fraction of sp³-hybridized carbons (Fsp3) is 0.600. The summed E-state index contributed by atoms with van der Waals surface area (Å²) in [7, 11) is 0. The summed E-state index contributed by atoms with van der Waals surface area (Å²) in [5, 5.41) is 12.5. The molecule has 2 rings (SSSR count). The van der Waals surface area contributed by atoms with E-state index < -0.39 is 0 Å². The van der Waals surface area contributed by atoms with E-state index in [9.17, 15) is 0 Å². The average Bonchev–Trinajstić information content (AvgIpc) is 2.47. The first-order valence-electron chi connectivity index (χ1n) is 6.90. The van der Waals surface area contributed by atoms with Crippen molar-refractivity contribution in [2.24, 2.45) is 5.41 Å². The lowest BCUT2D eigenvalue weighted by atomic mass is 9.94. The van der Waals surface area contributed by atoms with Gasteiger partial charge in [-0.1, -0.05) is 0 Å². The minimum absolute atomic E-state index is 0.276. The highest BCUT2D eigenvalue weighted by molar-refractivity contribution is 5.44. The van der Waals surface area contributed by atoms with Crippen LogP contribution in [-0.2, 0) is 0 Å². The van der Waals surface area contributed by atoms with Gasteiger partial charge < -0.3 is 10.2 Å². The van der Waals surface area contributed by atoms with Gasteiger partial charge in [-0.15, -0.1) is 0 Å². The second kappa shape index (κ2) is 6.03. The number of nitrogens with zero attached hydrogens (tertiary/aromatic N) is 3. The van der Waals surface area contributed by atoms with Crippen LogP contribution in [0.15, 0.2) is 24.5 Å². The number of rotatable bonds is 4. The van der Waals surface area contributed by atoms with E-state index in [1.165, 1.54) is 5.69 Å². The van der Waals surface area contributed by atoms with Crippen molar-refractivity contribution in [1.29, 1.82) is 5.26 Å². The molecule has 0 spiro atoms. The maximum atomic E-state index is 9.01. The van der Waals surface area contributed by atoms with E-state index in [0.29, 0.717) is 6.04 Å². The minimum atomic E-state index is -0.276. The third-order valence-corrected chi connectivity index (χ3v) is 3.66. The number of nitriles is 1. The van der Waals surface area contributed by atoms with E-state index >= 15 is 0 Å². The Morgan fingerprint density at radius 2 is 2.00 bits per heavy atom. The van der Waals surface area contributed by atoms with Gasteiger partial charge in [0.05, 0.1) is 11.5 Å². The van der Waals surface area contributed by atoms with Crippen LogP contribution in [0.5, 0.6) is 0 Å². The fourth-order valence-corrected chi connectivity index (χ4v) is 2.34. The third-order valence-electron chi connectivity index (χ3n) is 3.66. The van der Waals surface area contributed by atoms with Crippen LogP contribution in [0.3, 0.4) is 0 Å². The van der Waals surface area contributed by atoms with E-state index in [0.717, 1.165) is 32.5 Å². The molecule has 19 heavy (non-hydrogen) atoms. The standard InChI is InChI=1S/C15H22N4/c1-15(2,11-16)12-18-13-5-9-19(10-6-13)14-3-7-17-8-4-14/h3-4,7-8,13,18H,5-6,9-10,12H2,1-2H3. The smallest absolute Gasteiger partial charge is 0.0697 e. The minimum Gasteiger partial charge on any atom is -0.371 e. The molecular weight excluding hydrogens is 236 g/mol. The predicted octanol–water partition coefficient (Wildman–Crippen LogP) is 2.19. The lowest BCUT2D eigenvalue weighted by molar-refractivity contribution is 0.357. The highest BCUT2D eigenvalue weighted by Crippen LogP contribution is 2.20. The molecule has 1 aromatic rings. The van der Waals surface area contributed by atoms with Gasteiger partial charge in [0, 0.05) is 43.8 Å². The Labute approximate surface area is 115 Å². The van der Waals surface area contributed by atoms with Gasteiger partial charge >= 0.3 is 0 Å². The molecule has 102 valence electrons. The molecule has 1 saturated heterocycles. The molecule has 4 nitrogen and oxygen atoms in total. The van der Waals surface area contributed by atoms with Gasteiger partial charge in [0.1, 0.15) is 0 Å². The quantitative estimate of drug-likeness (QED) is 0.899. The summed E-state index contributed by atoms with van der Waals surface area (Å²) in [6.45, 7) is 6.85. The van der Waals surface area contributed by atoms with Gasteiger partial charge in [0.25, 0.3) is 0 Å². The summed E-state index contributed by atoms with van der Waals surface area (Å²) in [6.07, 6.45) is 5.94. The summed E-state index contributed by atoms with van der Waals surface area (Å²) >= 11 is 0. The van der Waals surface area contributed by atoms with Gasteiger partial charge in [-0.25, -0.2) is 0 Å². The average molecular weight is 258 g/mol. The van der Waals surface area contributed by atoms with Crippen molar-refractivity contribution in [3.63, 3.8) is 0 Å². The van der Waals surface area contributed by atoms with E-state index in [2.05, 4.69) is 33.4 Å². The number of hydrogen-bond acceptors (Lipinski definition) is 4. The highest BCUT2D eigenvalue weighted by atomic mass is 15.1. The van der Waals surface area contributed by atoms with Crippen LogP contribution in [0.25, 0.3) is 0 Å². The molecule has 0 atom stereocenters. The number of hydrogen-bond donors (Lipinski definition) is 1. The molecule has 0 aliphatic carbocycles. The van der Waals surface area contributed by atoms with Gasteiger partial charge in [0.2, 0.25) is 0 Å². The molecule has 4 heteroatoms. The Kier molecular flexibility index (Phi) is 4.39. The molecule has 1 N–H and O–H groups in total. The number of nitrogens with one attached hydrogen (secondary N) is 1. The van der Waals surface area contributed by atoms with Gasteiger partial charge in [-0.05, 0) is 38.8 Å². The van der Waals surface area contributed by atoms with Gasteiger partial charge in [-0.3, -0.25) is 4.98 Å². The van der Waals surface area contributed by atoms with Gasteiger partial charge in [0.15, 0.2) is 0 Å². The first-order valence-corrected chi connectivity index (χ1v) is 6.90. The normalized spacial score (nSPS) is 17.2. The van der Waals surface area contributed by atoms with Crippen LogP contribution in [0.4, 0.5) is 5.69 Å². The monoisotopic (exact) mass is 258 g/mol. The molecule has 1 aliphatic rings. The Morgan fingerprint density at radius 1 is 1.37 bits per heavy atom. The second-order valence-electron chi connectivity index (χ2n) is 5.84. The van der Waals surface area contributed by atoms with E-state index in [1.807, 2.05) is 26.2 Å². The van der Waals surface area contributed by atoms with Gasteiger partial charge in [-0.2, -0.15) is 5.26 Å². The Hall–Kier alpha value is -1.60. The maximum Gasteiger partial charge on any atom is 0.0697 e. The van der Waals surface area contributed by atoms with Crippen molar-refractivity contribution in [2.45, 2.75) is 32.7 Å². The van der Waals surface area contributed by atoms with Crippen LogP contribution >= 0.6 is 0 Å². The fourth-order valence-electron chi connectivity index (χ4n) is 2.34. The zero-order chi connectivity index (χ0) is 13.7. The van der Waals surface area contributed by atoms with Crippen LogP contribution in [0, 0.1) is 16.7 Å². The van der Waals surface area contributed by atoms with Crippen molar-refractivity contribution >= 4 is 5.69 Å². The molecule has 0 amide bonds. The van der Waals surface area contributed by atoms with E-state index in [-0.39, 0.29) is 5.41 Å². The number of aromatic nitrogens is 1. The summed E-state index contributed by atoms with van der Waals surface area (Å²) in [5.41, 5.74) is 0.980. The highest BCUT2D eigenvalue weighted by Gasteiger charge is 2.22. The zero-order valence-electron chi connectivity index (χ0n) is 11.8. The summed E-state index contributed by atoms with van der Waals surface area (Å²) in [4.78, 5) is 6.45. The first-order chi connectivity index (χ1) is 9.11. The molecular formula is C15H22N4. The predicted molar refractivity (Wildman–Crippen MR) is 76.9 cm³/mol. The van der Waals surface area contributed by atoms with Crippen molar-refractivity contribution in [1.82, 2.24) is 10.3 Å². The maximum absolute atomic E-state index is 9.01. The third kappa shape index (κ3) is 3.93. The SMILES string of the molecule is CC(C)(C#N)CNC1CCN(c2ccncc2)CC1. The molecule has 0 aromatic carbocycles. The second-order valence-corrected chi connectivity index (χ2v) is 5.84. The number of pyridine rings is 1. The molecule has 1 fully saturated rings. The molecule has 1 aliphatic heterocycles. The zero-order valence-corrected chi connectivity index (χ0v) is 11.8. The molecule has 0 radical (unpaired) electrons. The molecule has 0 unspecified atom stereocenters. The van der Waals surface area contributed by atoms with Crippen LogP contribution < -0.4 is 10.2 Å². The van der Waals surface area contributed by atoms with Crippen LogP contribution in [0.2, 0.25) is 0 Å². The lowest BCUT2D eigenvalue weighted by Crippen LogP contribution is -2.45. The molecule has 1 aromatic heterocycles. The topological polar surface area (TPSA) is 52.0 Å². The Bertz CT molecular complexity index is 427. The molecule has 2 heterocycles. The number of piperidine rings is 1. The van der Waals surface area contributed by atoms with E-state index in [4.69, 9.17) is 5.26 Å². The van der Waals surface area contributed by atoms with Crippen molar-refractivity contribution < 1.29 is 0 Å². The summed E-state index contributed by atoms with van der Waals surface area (Å²) < 4.78 is 0. The summed E-state index contributed by atoms with van der Waals surface area (Å²) in [5.74, 6) is 0. The van der Waals surface area contributed by atoms with Crippen molar-refractivity contribution in [2.75, 3.05) is 24.5 Å². The Balaban J connectivity index is 1.79. The van der Waals surface area contributed by atoms with E-state index in [1.54, 1.807) is 0 Å². The number of anilines is 1. The van der Waals surface area contributed by atoms with Crippen molar-refractivity contribution in [3.8, 4) is 6.07 Å². The molecule has 0 bridgehead atoms. The summed E-state index contributed by atoms with van der Waals surface area (Å²) in [6, 6.07) is 6.99. The van der Waals surface area contributed by atoms with Crippen LogP contribution in [0.1, 0.15) is 26.7 Å². The lowest BCUT2D eigenvalue weighted by Gasteiger charge is -2.34. The first kappa shape index (κ1) is 13.8. The molecule has 0 saturated carbocycles. The van der Waals surface area contributed by atoms with Crippen LogP contribution in [-0.4, -0.2) is 30.7 Å².